The SMILES string of the molecule is O=C(NC(Cc1ccc(Cl)cc1)C(=O)N1CCC2OCC(=O)C21)c1csc2ccccc12. The van der Waals surface area contributed by atoms with Crippen molar-refractivity contribution in [3.8, 4) is 0 Å². The molecular weight excluding hydrogens is 448 g/mol. The van der Waals surface area contributed by atoms with Crippen molar-refractivity contribution >= 4 is 50.6 Å². The van der Waals surface area contributed by atoms with Crippen molar-refractivity contribution in [2.75, 3.05) is 13.2 Å². The van der Waals surface area contributed by atoms with Crippen LogP contribution in [0.3, 0.4) is 0 Å². The Morgan fingerprint density at radius 2 is 1.97 bits per heavy atom. The lowest BCUT2D eigenvalue weighted by Gasteiger charge is -2.27. The molecule has 3 unspecified atom stereocenters. The Balaban J connectivity index is 1.42. The molecule has 0 saturated carbocycles. The molecule has 3 heterocycles. The van der Waals surface area contributed by atoms with Crippen LogP contribution in [0.4, 0.5) is 0 Å². The second-order valence-electron chi connectivity index (χ2n) is 8.08. The predicted molar refractivity (Wildman–Crippen MR) is 123 cm³/mol. The maximum atomic E-state index is 13.6. The van der Waals surface area contributed by atoms with Gasteiger partial charge in [0, 0.05) is 33.5 Å². The molecule has 1 aromatic heterocycles. The van der Waals surface area contributed by atoms with E-state index in [0.29, 0.717) is 30.0 Å². The van der Waals surface area contributed by atoms with Gasteiger partial charge >= 0.3 is 0 Å². The van der Waals surface area contributed by atoms with E-state index < -0.39 is 12.1 Å². The second-order valence-corrected chi connectivity index (χ2v) is 9.43. The highest BCUT2D eigenvalue weighted by Crippen LogP contribution is 2.29. The molecule has 0 spiro atoms. The summed E-state index contributed by atoms with van der Waals surface area (Å²) in [7, 11) is 0. The Morgan fingerprint density at radius 1 is 1.19 bits per heavy atom. The van der Waals surface area contributed by atoms with Gasteiger partial charge in [-0.05, 0) is 30.2 Å². The van der Waals surface area contributed by atoms with Gasteiger partial charge in [-0.1, -0.05) is 41.9 Å². The summed E-state index contributed by atoms with van der Waals surface area (Å²) in [6.45, 7) is 0.475. The molecule has 5 rings (SSSR count). The number of benzene rings is 2. The van der Waals surface area contributed by atoms with E-state index in [-0.39, 0.29) is 30.3 Å². The lowest BCUT2D eigenvalue weighted by Crippen LogP contribution is -2.53. The number of carbonyl (C=O) groups excluding carboxylic acids is 3. The summed E-state index contributed by atoms with van der Waals surface area (Å²) in [4.78, 5) is 40.7. The van der Waals surface area contributed by atoms with Gasteiger partial charge in [0.05, 0.1) is 11.7 Å². The van der Waals surface area contributed by atoms with Crippen LogP contribution in [0.2, 0.25) is 5.02 Å². The number of carbonyl (C=O) groups is 3. The van der Waals surface area contributed by atoms with Gasteiger partial charge in [0.1, 0.15) is 18.7 Å². The van der Waals surface area contributed by atoms with Crippen molar-refractivity contribution in [3.63, 3.8) is 0 Å². The minimum Gasteiger partial charge on any atom is -0.368 e. The zero-order chi connectivity index (χ0) is 22.2. The van der Waals surface area contributed by atoms with Crippen LogP contribution >= 0.6 is 22.9 Å². The number of hydrogen-bond acceptors (Lipinski definition) is 5. The smallest absolute Gasteiger partial charge is 0.253 e. The van der Waals surface area contributed by atoms with E-state index in [1.165, 1.54) is 11.3 Å². The summed E-state index contributed by atoms with van der Waals surface area (Å²) in [6.07, 6.45) is 0.672. The van der Waals surface area contributed by atoms with E-state index in [4.69, 9.17) is 16.3 Å². The highest BCUT2D eigenvalue weighted by atomic mass is 35.5. The highest BCUT2D eigenvalue weighted by molar-refractivity contribution is 7.17. The third-order valence-electron chi connectivity index (χ3n) is 6.08. The third-order valence-corrected chi connectivity index (χ3v) is 7.29. The Hall–Kier alpha value is -2.74. The largest absolute Gasteiger partial charge is 0.368 e. The van der Waals surface area contributed by atoms with Gasteiger partial charge in [-0.2, -0.15) is 0 Å². The Labute approximate surface area is 194 Å². The molecule has 1 N–H and O–H groups in total. The first-order chi connectivity index (χ1) is 15.5. The van der Waals surface area contributed by atoms with E-state index in [0.717, 1.165) is 15.6 Å². The first kappa shape index (κ1) is 21.1. The van der Waals surface area contributed by atoms with Crippen LogP contribution in [0.25, 0.3) is 10.1 Å². The van der Waals surface area contributed by atoms with E-state index in [1.807, 2.05) is 41.8 Å². The van der Waals surface area contributed by atoms with Gasteiger partial charge in [-0.3, -0.25) is 14.4 Å². The maximum absolute atomic E-state index is 13.6. The molecule has 2 aliphatic heterocycles. The Kier molecular flexibility index (Phi) is 5.71. The second kappa shape index (κ2) is 8.65. The van der Waals surface area contributed by atoms with Crippen LogP contribution in [-0.2, 0) is 20.7 Å². The molecule has 164 valence electrons. The molecule has 2 aromatic carbocycles. The molecule has 3 aromatic rings. The summed E-state index contributed by atoms with van der Waals surface area (Å²) < 4.78 is 6.53. The molecule has 2 aliphatic rings. The number of thiophene rings is 1. The number of halogens is 1. The van der Waals surface area contributed by atoms with Crippen molar-refractivity contribution in [3.05, 3.63) is 70.1 Å². The summed E-state index contributed by atoms with van der Waals surface area (Å²) in [5.74, 6) is -0.653. The normalized spacial score (nSPS) is 21.0. The van der Waals surface area contributed by atoms with E-state index in [9.17, 15) is 14.4 Å². The van der Waals surface area contributed by atoms with Gasteiger partial charge in [-0.15, -0.1) is 11.3 Å². The van der Waals surface area contributed by atoms with Crippen LogP contribution < -0.4 is 5.32 Å². The highest BCUT2D eigenvalue weighted by Gasteiger charge is 2.48. The number of nitrogens with zero attached hydrogens (tertiary/aromatic N) is 1. The quantitative estimate of drug-likeness (QED) is 0.622. The lowest BCUT2D eigenvalue weighted by molar-refractivity contribution is -0.138. The maximum Gasteiger partial charge on any atom is 0.253 e. The minimum atomic E-state index is -0.811. The number of likely N-dealkylation sites (tertiary alicyclic amines) is 1. The molecule has 32 heavy (non-hydrogen) atoms. The molecule has 8 heteroatoms. The van der Waals surface area contributed by atoms with Gasteiger partial charge in [0.2, 0.25) is 5.91 Å². The van der Waals surface area contributed by atoms with Crippen molar-refractivity contribution in [2.24, 2.45) is 0 Å². The fourth-order valence-corrected chi connectivity index (χ4v) is 5.55. The molecule has 0 radical (unpaired) electrons. The molecule has 3 atom stereocenters. The zero-order valence-electron chi connectivity index (χ0n) is 17.1. The molecule has 2 amide bonds. The number of fused-ring (bicyclic) bond motifs is 2. The first-order valence-corrected chi connectivity index (χ1v) is 11.7. The van der Waals surface area contributed by atoms with Gasteiger partial charge in [0.15, 0.2) is 5.78 Å². The minimum absolute atomic E-state index is 0.0359. The fourth-order valence-electron chi connectivity index (χ4n) is 4.49. The number of hydrogen-bond donors (Lipinski definition) is 1. The van der Waals surface area contributed by atoms with Crippen LogP contribution in [0, 0.1) is 0 Å². The molecule has 0 bridgehead atoms. The van der Waals surface area contributed by atoms with Gasteiger partial charge in [-0.25, -0.2) is 0 Å². The molecule has 6 nitrogen and oxygen atoms in total. The molecule has 2 saturated heterocycles. The summed E-state index contributed by atoms with van der Waals surface area (Å²) in [6, 6.07) is 13.5. The molecule has 0 aliphatic carbocycles. The topological polar surface area (TPSA) is 75.7 Å². The summed E-state index contributed by atoms with van der Waals surface area (Å²) >= 11 is 7.49. The number of Topliss-reactive ketones (excluding diaryl/α,β-unsaturated/α-hetero) is 1. The number of amides is 2. The van der Waals surface area contributed by atoms with Crippen molar-refractivity contribution in [1.29, 1.82) is 0 Å². The van der Waals surface area contributed by atoms with E-state index in [2.05, 4.69) is 5.32 Å². The average molecular weight is 469 g/mol. The number of ketones is 1. The van der Waals surface area contributed by atoms with Crippen LogP contribution in [0.5, 0.6) is 0 Å². The number of ether oxygens (including phenoxy) is 1. The summed E-state index contributed by atoms with van der Waals surface area (Å²) in [5, 5.41) is 6.20. The van der Waals surface area contributed by atoms with Crippen LogP contribution in [0.15, 0.2) is 53.9 Å². The van der Waals surface area contributed by atoms with E-state index >= 15 is 0 Å². The lowest BCUT2D eigenvalue weighted by atomic mass is 10.0. The fraction of sp³-hybridized carbons (Fsp3) is 0.292. The van der Waals surface area contributed by atoms with Gasteiger partial charge < -0.3 is 15.0 Å². The molecule has 2 fully saturated rings. The number of rotatable bonds is 5. The average Bonchev–Trinajstić information content (AvgIpc) is 3.50. The monoisotopic (exact) mass is 468 g/mol. The third kappa shape index (κ3) is 3.92. The predicted octanol–water partition coefficient (Wildman–Crippen LogP) is 3.46. The van der Waals surface area contributed by atoms with Crippen molar-refractivity contribution in [2.45, 2.75) is 31.0 Å². The first-order valence-electron chi connectivity index (χ1n) is 10.5. The van der Waals surface area contributed by atoms with Crippen molar-refractivity contribution < 1.29 is 19.1 Å². The van der Waals surface area contributed by atoms with Crippen LogP contribution in [0.1, 0.15) is 22.3 Å². The Morgan fingerprint density at radius 3 is 2.78 bits per heavy atom. The standard InChI is InChI=1S/C24H21ClN2O4S/c25-15-7-5-14(6-8-15)11-18(24(30)27-10-9-20-22(27)19(28)12-31-20)26-23(29)17-13-32-21-4-2-1-3-16(17)21/h1-8,13,18,20,22H,9-12H2,(H,26,29). The summed E-state index contributed by atoms with van der Waals surface area (Å²) in [5.41, 5.74) is 1.41. The molecular formula is C24H21ClN2O4S. The van der Waals surface area contributed by atoms with Crippen LogP contribution in [-0.4, -0.2) is 53.8 Å². The van der Waals surface area contributed by atoms with E-state index in [1.54, 1.807) is 17.0 Å². The number of nitrogens with one attached hydrogen (secondary N) is 1. The zero-order valence-corrected chi connectivity index (χ0v) is 18.7. The van der Waals surface area contributed by atoms with Crippen molar-refractivity contribution in [1.82, 2.24) is 10.2 Å². The Bertz CT molecular complexity index is 1190. The van der Waals surface area contributed by atoms with Gasteiger partial charge in [0.25, 0.3) is 5.91 Å².